The number of likely N-dealkylation sites (N-methyl/N-ethyl adjacent to an activating group) is 1. The highest BCUT2D eigenvalue weighted by atomic mass is 32.2. The molecule has 1 N–H and O–H groups in total. The Bertz CT molecular complexity index is 550. The van der Waals surface area contributed by atoms with Gasteiger partial charge in [-0.25, -0.2) is 8.42 Å². The van der Waals surface area contributed by atoms with Gasteiger partial charge in [-0.05, 0) is 50.6 Å². The van der Waals surface area contributed by atoms with Crippen molar-refractivity contribution in [3.05, 3.63) is 42.0 Å². The van der Waals surface area contributed by atoms with Crippen molar-refractivity contribution in [1.82, 2.24) is 9.62 Å². The Kier molecular flexibility index (Phi) is 7.08. The van der Waals surface area contributed by atoms with Crippen LogP contribution in [-0.2, 0) is 16.4 Å². The zero-order valence-corrected chi connectivity index (χ0v) is 14.0. The number of benzene rings is 1. The molecule has 0 spiro atoms. The van der Waals surface area contributed by atoms with E-state index in [9.17, 15) is 8.42 Å². The summed E-state index contributed by atoms with van der Waals surface area (Å²) in [4.78, 5) is 0.335. The fourth-order valence-corrected chi connectivity index (χ4v) is 3.30. The molecule has 21 heavy (non-hydrogen) atoms. The maximum absolute atomic E-state index is 12.4. The van der Waals surface area contributed by atoms with Crippen LogP contribution in [0.3, 0.4) is 0 Å². The lowest BCUT2D eigenvalue weighted by Crippen LogP contribution is -2.28. The second-order valence-corrected chi connectivity index (χ2v) is 7.36. The molecule has 0 atom stereocenters. The van der Waals surface area contributed by atoms with Gasteiger partial charge in [-0.2, -0.15) is 4.31 Å². The van der Waals surface area contributed by atoms with Gasteiger partial charge in [0.05, 0.1) is 4.90 Å². The molecular weight excluding hydrogens is 284 g/mol. The fraction of sp³-hybridized carbons (Fsp3) is 0.500. The van der Waals surface area contributed by atoms with Crippen LogP contribution in [0.2, 0.25) is 0 Å². The van der Waals surface area contributed by atoms with Crippen LogP contribution in [0.4, 0.5) is 0 Å². The van der Waals surface area contributed by atoms with Crippen LogP contribution in [-0.4, -0.2) is 39.4 Å². The Morgan fingerprint density at radius 2 is 1.90 bits per heavy atom. The lowest BCUT2D eigenvalue weighted by Gasteiger charge is -2.17. The summed E-state index contributed by atoms with van der Waals surface area (Å²) in [5.41, 5.74) is 1.98. The van der Waals surface area contributed by atoms with Crippen molar-refractivity contribution in [1.29, 1.82) is 0 Å². The third-order valence-corrected chi connectivity index (χ3v) is 5.01. The zero-order valence-electron chi connectivity index (χ0n) is 13.2. The highest BCUT2D eigenvalue weighted by Crippen LogP contribution is 2.16. The van der Waals surface area contributed by atoms with Gasteiger partial charge in [0.1, 0.15) is 0 Å². The minimum absolute atomic E-state index is 0.335. The van der Waals surface area contributed by atoms with Crippen LogP contribution in [0.1, 0.15) is 25.8 Å². The first kappa shape index (κ1) is 17.9. The minimum Gasteiger partial charge on any atom is -0.317 e. The number of nitrogens with one attached hydrogen (secondary N) is 1. The Hall–Kier alpha value is -1.17. The molecule has 4 nitrogen and oxygen atoms in total. The smallest absolute Gasteiger partial charge is 0.243 e. The number of rotatable bonds is 9. The van der Waals surface area contributed by atoms with Crippen LogP contribution >= 0.6 is 0 Å². The molecule has 0 aliphatic carbocycles. The number of aryl methyl sites for hydroxylation is 1. The highest BCUT2D eigenvalue weighted by molar-refractivity contribution is 7.89. The predicted molar refractivity (Wildman–Crippen MR) is 87.9 cm³/mol. The molecule has 0 aromatic heterocycles. The standard InChI is InChI=1S/C16H26N2O2S/c1-5-17-12-6-7-15-8-10-16(11-9-15)21(19,20)18(4)13-14(2)3/h8-11,17H,2,5-7,12-13H2,1,3-4H3. The van der Waals surface area contributed by atoms with E-state index >= 15 is 0 Å². The summed E-state index contributed by atoms with van der Waals surface area (Å²) in [6, 6.07) is 7.17. The summed E-state index contributed by atoms with van der Waals surface area (Å²) in [5, 5.41) is 3.28. The maximum Gasteiger partial charge on any atom is 0.243 e. The zero-order chi connectivity index (χ0) is 15.9. The molecule has 0 amide bonds. The Morgan fingerprint density at radius 1 is 1.29 bits per heavy atom. The quantitative estimate of drug-likeness (QED) is 0.563. The fourth-order valence-electron chi connectivity index (χ4n) is 2.07. The summed E-state index contributed by atoms with van der Waals surface area (Å²) in [5.74, 6) is 0. The second kappa shape index (κ2) is 8.32. The number of hydrogen-bond donors (Lipinski definition) is 1. The molecule has 118 valence electrons. The molecule has 0 radical (unpaired) electrons. The van der Waals surface area contributed by atoms with Crippen molar-refractivity contribution in [2.75, 3.05) is 26.7 Å². The Morgan fingerprint density at radius 3 is 2.43 bits per heavy atom. The molecule has 1 rings (SSSR count). The van der Waals surface area contributed by atoms with E-state index in [4.69, 9.17) is 0 Å². The molecule has 0 unspecified atom stereocenters. The normalized spacial score (nSPS) is 11.8. The number of nitrogens with zero attached hydrogens (tertiary/aromatic N) is 1. The molecule has 0 bridgehead atoms. The molecule has 0 saturated carbocycles. The third kappa shape index (κ3) is 5.61. The first-order chi connectivity index (χ1) is 9.87. The Labute approximate surface area is 128 Å². The van der Waals surface area contributed by atoms with Gasteiger partial charge < -0.3 is 5.32 Å². The molecule has 0 saturated heterocycles. The van der Waals surface area contributed by atoms with Gasteiger partial charge in [0.2, 0.25) is 10.0 Å². The minimum atomic E-state index is -3.42. The van der Waals surface area contributed by atoms with Crippen molar-refractivity contribution in [3.63, 3.8) is 0 Å². The molecule has 0 aliphatic rings. The van der Waals surface area contributed by atoms with Crippen LogP contribution < -0.4 is 5.32 Å². The van der Waals surface area contributed by atoms with E-state index in [1.807, 2.05) is 19.1 Å². The molecule has 0 aliphatic heterocycles. The van der Waals surface area contributed by atoms with Gasteiger partial charge in [-0.1, -0.05) is 31.2 Å². The molecule has 1 aromatic carbocycles. The van der Waals surface area contributed by atoms with E-state index in [0.29, 0.717) is 11.4 Å². The van der Waals surface area contributed by atoms with E-state index < -0.39 is 10.0 Å². The first-order valence-corrected chi connectivity index (χ1v) is 8.72. The summed E-state index contributed by atoms with van der Waals surface area (Å²) in [6.07, 6.45) is 2.00. The van der Waals surface area contributed by atoms with Crippen LogP contribution in [0.25, 0.3) is 0 Å². The van der Waals surface area contributed by atoms with Gasteiger partial charge in [0, 0.05) is 13.6 Å². The van der Waals surface area contributed by atoms with Gasteiger partial charge in [-0.3, -0.25) is 0 Å². The highest BCUT2D eigenvalue weighted by Gasteiger charge is 2.20. The average molecular weight is 310 g/mol. The maximum atomic E-state index is 12.4. The second-order valence-electron chi connectivity index (χ2n) is 5.32. The average Bonchev–Trinajstić information content (AvgIpc) is 2.43. The largest absolute Gasteiger partial charge is 0.317 e. The van der Waals surface area contributed by atoms with Crippen molar-refractivity contribution < 1.29 is 8.42 Å². The summed E-state index contributed by atoms with van der Waals surface area (Å²) in [6.45, 7) is 9.96. The first-order valence-electron chi connectivity index (χ1n) is 7.28. The SMILES string of the molecule is C=C(C)CN(C)S(=O)(=O)c1ccc(CCCNCC)cc1. The summed E-state index contributed by atoms with van der Waals surface area (Å²) < 4.78 is 26.0. The number of hydrogen-bond acceptors (Lipinski definition) is 3. The van der Waals surface area contributed by atoms with E-state index in [2.05, 4.69) is 18.8 Å². The van der Waals surface area contributed by atoms with Crippen molar-refractivity contribution in [2.24, 2.45) is 0 Å². The van der Waals surface area contributed by atoms with Crippen LogP contribution in [0, 0.1) is 0 Å². The van der Waals surface area contributed by atoms with Crippen molar-refractivity contribution >= 4 is 10.0 Å². The van der Waals surface area contributed by atoms with Crippen molar-refractivity contribution in [2.45, 2.75) is 31.6 Å². The summed E-state index contributed by atoms with van der Waals surface area (Å²) >= 11 is 0. The molecule has 5 heteroatoms. The topological polar surface area (TPSA) is 49.4 Å². The van der Waals surface area contributed by atoms with Crippen molar-refractivity contribution in [3.8, 4) is 0 Å². The molecule has 0 fully saturated rings. The van der Waals surface area contributed by atoms with Gasteiger partial charge in [0.25, 0.3) is 0 Å². The lowest BCUT2D eigenvalue weighted by molar-refractivity contribution is 0.493. The van der Waals surface area contributed by atoms with Gasteiger partial charge in [0.15, 0.2) is 0 Å². The van der Waals surface area contributed by atoms with Gasteiger partial charge in [-0.15, -0.1) is 0 Å². The van der Waals surface area contributed by atoms with E-state index in [1.54, 1.807) is 19.2 Å². The van der Waals surface area contributed by atoms with Crippen LogP contribution in [0.15, 0.2) is 41.3 Å². The predicted octanol–water partition coefficient (Wildman–Crippen LogP) is 2.43. The van der Waals surface area contributed by atoms with E-state index in [1.165, 1.54) is 4.31 Å². The van der Waals surface area contributed by atoms with Gasteiger partial charge >= 0.3 is 0 Å². The Balaban J connectivity index is 2.70. The monoisotopic (exact) mass is 310 g/mol. The molecule has 0 heterocycles. The van der Waals surface area contributed by atoms with Crippen LogP contribution in [0.5, 0.6) is 0 Å². The molecule has 1 aromatic rings. The number of sulfonamides is 1. The van der Waals surface area contributed by atoms with E-state index in [-0.39, 0.29) is 0 Å². The third-order valence-electron chi connectivity index (χ3n) is 3.19. The van der Waals surface area contributed by atoms with E-state index in [0.717, 1.165) is 37.1 Å². The summed E-state index contributed by atoms with van der Waals surface area (Å²) in [7, 11) is -1.84. The molecular formula is C16H26N2O2S. The lowest BCUT2D eigenvalue weighted by atomic mass is 10.1.